The molecule has 2 rings (SSSR count). The molecule has 1 aliphatic heterocycles. The zero-order valence-electron chi connectivity index (χ0n) is 7.56. The molecule has 13 heavy (non-hydrogen) atoms. The first kappa shape index (κ1) is 8.44. The minimum Gasteiger partial charge on any atom is -0.381 e. The van der Waals surface area contributed by atoms with Crippen molar-refractivity contribution in [2.45, 2.75) is 12.3 Å². The predicted octanol–water partition coefficient (Wildman–Crippen LogP) is 0.736. The number of aldehydes is 1. The second-order valence-corrected chi connectivity index (χ2v) is 3.30. The van der Waals surface area contributed by atoms with Crippen molar-refractivity contribution < 1.29 is 9.53 Å². The van der Waals surface area contributed by atoms with Crippen molar-refractivity contribution in [3.05, 3.63) is 17.5 Å². The summed E-state index contributed by atoms with van der Waals surface area (Å²) in [5.74, 6) is 0.375. The van der Waals surface area contributed by atoms with Gasteiger partial charge in [0, 0.05) is 19.6 Å². The maximum atomic E-state index is 10.6. The summed E-state index contributed by atoms with van der Waals surface area (Å²) in [5.41, 5.74) is 1.60. The zero-order valence-corrected chi connectivity index (χ0v) is 7.56. The van der Waals surface area contributed by atoms with E-state index in [-0.39, 0.29) is 0 Å². The van der Waals surface area contributed by atoms with E-state index >= 15 is 0 Å². The van der Waals surface area contributed by atoms with E-state index in [4.69, 9.17) is 4.74 Å². The third-order valence-electron chi connectivity index (χ3n) is 2.40. The molecule has 0 aromatic carbocycles. The molecular weight excluding hydrogens is 168 g/mol. The lowest BCUT2D eigenvalue weighted by atomic mass is 10.1. The molecule has 0 radical (unpaired) electrons. The van der Waals surface area contributed by atoms with E-state index in [2.05, 4.69) is 5.10 Å². The van der Waals surface area contributed by atoms with E-state index in [1.54, 1.807) is 11.7 Å². The molecular formula is C9H12N2O2. The van der Waals surface area contributed by atoms with Gasteiger partial charge in [0.15, 0.2) is 6.29 Å². The van der Waals surface area contributed by atoms with Gasteiger partial charge in [0.1, 0.15) is 5.69 Å². The zero-order chi connectivity index (χ0) is 9.26. The molecule has 0 bridgehead atoms. The lowest BCUT2D eigenvalue weighted by Crippen LogP contribution is -2.00. The lowest BCUT2D eigenvalue weighted by molar-refractivity contribution is 0.111. The summed E-state index contributed by atoms with van der Waals surface area (Å²) in [5, 5.41) is 4.27. The van der Waals surface area contributed by atoms with Gasteiger partial charge in [-0.2, -0.15) is 5.10 Å². The van der Waals surface area contributed by atoms with Crippen LogP contribution in [-0.4, -0.2) is 29.3 Å². The highest BCUT2D eigenvalue weighted by Crippen LogP contribution is 2.23. The first-order valence-electron chi connectivity index (χ1n) is 4.38. The standard InChI is InChI=1S/C9H12N2O2/c1-11-8(5-12)4-9(10-11)7-2-3-13-6-7/h4-5,7H,2-3,6H2,1H3. The smallest absolute Gasteiger partial charge is 0.168 e. The maximum absolute atomic E-state index is 10.6. The van der Waals surface area contributed by atoms with Gasteiger partial charge >= 0.3 is 0 Å². The van der Waals surface area contributed by atoms with Gasteiger partial charge in [0.2, 0.25) is 0 Å². The van der Waals surface area contributed by atoms with E-state index in [1.165, 1.54) is 0 Å². The summed E-state index contributed by atoms with van der Waals surface area (Å²) in [6.07, 6.45) is 1.83. The Labute approximate surface area is 76.5 Å². The summed E-state index contributed by atoms with van der Waals surface area (Å²) in [6.45, 7) is 1.53. The summed E-state index contributed by atoms with van der Waals surface area (Å²) < 4.78 is 6.87. The molecule has 0 amide bonds. The van der Waals surface area contributed by atoms with Crippen molar-refractivity contribution >= 4 is 6.29 Å². The fraction of sp³-hybridized carbons (Fsp3) is 0.556. The third-order valence-corrected chi connectivity index (χ3v) is 2.40. The first-order chi connectivity index (χ1) is 6.31. The van der Waals surface area contributed by atoms with Crippen LogP contribution in [0.15, 0.2) is 6.07 Å². The van der Waals surface area contributed by atoms with Gasteiger partial charge in [-0.25, -0.2) is 0 Å². The average molecular weight is 180 g/mol. The summed E-state index contributed by atoms with van der Waals surface area (Å²) in [6, 6.07) is 1.84. The third kappa shape index (κ3) is 1.49. The van der Waals surface area contributed by atoms with E-state index in [0.717, 1.165) is 31.6 Å². The van der Waals surface area contributed by atoms with Crippen LogP contribution in [0.25, 0.3) is 0 Å². The molecule has 1 aromatic rings. The summed E-state index contributed by atoms with van der Waals surface area (Å²) in [7, 11) is 1.78. The number of aryl methyl sites for hydroxylation is 1. The minimum atomic E-state index is 0.375. The van der Waals surface area contributed by atoms with Crippen molar-refractivity contribution in [1.82, 2.24) is 9.78 Å². The van der Waals surface area contributed by atoms with E-state index in [9.17, 15) is 4.79 Å². The fourth-order valence-electron chi connectivity index (χ4n) is 1.58. The first-order valence-corrected chi connectivity index (χ1v) is 4.38. The Hall–Kier alpha value is -1.16. The molecule has 4 nitrogen and oxygen atoms in total. The monoisotopic (exact) mass is 180 g/mol. The van der Waals surface area contributed by atoms with E-state index < -0.39 is 0 Å². The number of hydrogen-bond acceptors (Lipinski definition) is 3. The van der Waals surface area contributed by atoms with Gasteiger partial charge in [-0.3, -0.25) is 9.48 Å². The fourth-order valence-corrected chi connectivity index (χ4v) is 1.58. The van der Waals surface area contributed by atoms with Crippen LogP contribution in [0.1, 0.15) is 28.5 Å². The van der Waals surface area contributed by atoms with Crippen LogP contribution < -0.4 is 0 Å². The molecule has 1 saturated heterocycles. The Kier molecular flexibility index (Phi) is 2.14. The highest BCUT2D eigenvalue weighted by atomic mass is 16.5. The summed E-state index contributed by atoms with van der Waals surface area (Å²) in [4.78, 5) is 10.6. The largest absolute Gasteiger partial charge is 0.381 e. The lowest BCUT2D eigenvalue weighted by Gasteiger charge is -2.00. The van der Waals surface area contributed by atoms with Crippen LogP contribution in [0.2, 0.25) is 0 Å². The van der Waals surface area contributed by atoms with E-state index in [1.807, 2.05) is 6.07 Å². The molecule has 1 aromatic heterocycles. The molecule has 0 spiro atoms. The molecule has 2 heterocycles. The average Bonchev–Trinajstić information content (AvgIpc) is 2.71. The van der Waals surface area contributed by atoms with Crippen LogP contribution in [0, 0.1) is 0 Å². The number of nitrogens with zero attached hydrogens (tertiary/aromatic N) is 2. The highest BCUT2D eigenvalue weighted by molar-refractivity contribution is 5.72. The van der Waals surface area contributed by atoms with Gasteiger partial charge in [0.25, 0.3) is 0 Å². The van der Waals surface area contributed by atoms with Crippen molar-refractivity contribution in [3.63, 3.8) is 0 Å². The Bertz CT molecular complexity index is 313. The van der Waals surface area contributed by atoms with Gasteiger partial charge in [0.05, 0.1) is 12.3 Å². The summed E-state index contributed by atoms with van der Waals surface area (Å²) >= 11 is 0. The van der Waals surface area contributed by atoms with Crippen LogP contribution in [0.3, 0.4) is 0 Å². The molecule has 1 aliphatic rings. The Morgan fingerprint density at radius 3 is 3.15 bits per heavy atom. The number of carbonyl (C=O) groups is 1. The number of ether oxygens (including phenoxy) is 1. The Balaban J connectivity index is 2.24. The van der Waals surface area contributed by atoms with E-state index in [0.29, 0.717) is 11.6 Å². The topological polar surface area (TPSA) is 44.1 Å². The number of rotatable bonds is 2. The second-order valence-electron chi connectivity index (χ2n) is 3.30. The van der Waals surface area contributed by atoms with Crippen molar-refractivity contribution in [2.24, 2.45) is 7.05 Å². The van der Waals surface area contributed by atoms with Crippen LogP contribution in [0.4, 0.5) is 0 Å². The van der Waals surface area contributed by atoms with Crippen molar-refractivity contribution in [2.75, 3.05) is 13.2 Å². The number of carbonyl (C=O) groups excluding carboxylic acids is 1. The van der Waals surface area contributed by atoms with Crippen LogP contribution in [-0.2, 0) is 11.8 Å². The minimum absolute atomic E-state index is 0.375. The predicted molar refractivity (Wildman–Crippen MR) is 46.8 cm³/mol. The molecule has 4 heteroatoms. The van der Waals surface area contributed by atoms with Gasteiger partial charge in [-0.15, -0.1) is 0 Å². The quantitative estimate of drug-likeness (QED) is 0.630. The van der Waals surface area contributed by atoms with Crippen molar-refractivity contribution in [1.29, 1.82) is 0 Å². The van der Waals surface area contributed by atoms with Gasteiger partial charge in [-0.1, -0.05) is 0 Å². The van der Waals surface area contributed by atoms with Crippen LogP contribution in [0.5, 0.6) is 0 Å². The van der Waals surface area contributed by atoms with Gasteiger partial charge < -0.3 is 4.74 Å². The Morgan fingerprint density at radius 2 is 2.62 bits per heavy atom. The SMILES string of the molecule is Cn1nc(C2CCOC2)cc1C=O. The Morgan fingerprint density at radius 1 is 1.77 bits per heavy atom. The molecule has 1 unspecified atom stereocenters. The number of aromatic nitrogens is 2. The normalized spacial score (nSPS) is 22.1. The highest BCUT2D eigenvalue weighted by Gasteiger charge is 2.20. The molecule has 0 aliphatic carbocycles. The number of hydrogen-bond donors (Lipinski definition) is 0. The second kappa shape index (κ2) is 3.30. The molecule has 1 atom stereocenters. The van der Waals surface area contributed by atoms with Crippen LogP contribution >= 0.6 is 0 Å². The molecule has 0 saturated carbocycles. The van der Waals surface area contributed by atoms with Crippen molar-refractivity contribution in [3.8, 4) is 0 Å². The molecule has 1 fully saturated rings. The van der Waals surface area contributed by atoms with Gasteiger partial charge in [-0.05, 0) is 12.5 Å². The molecule has 0 N–H and O–H groups in total. The maximum Gasteiger partial charge on any atom is 0.168 e. The molecule has 70 valence electrons.